The first kappa shape index (κ1) is 32.7. The summed E-state index contributed by atoms with van der Waals surface area (Å²) in [6, 6.07) is 24.6. The molecule has 1 aromatic heterocycles. The Morgan fingerprint density at radius 2 is 1.68 bits per heavy atom. The molecule has 0 saturated carbocycles. The highest BCUT2D eigenvalue weighted by Crippen LogP contribution is 2.31. The Morgan fingerprint density at radius 1 is 0.925 bits per heavy atom. The Hall–Kier alpha value is -3.56. The van der Waals surface area contributed by atoms with Gasteiger partial charge >= 0.3 is 5.97 Å². The Balaban J connectivity index is 0.00000280. The average Bonchev–Trinajstić information content (AvgIpc) is 2.95. The fourth-order valence-corrected chi connectivity index (χ4v) is 3.75. The smallest absolute Gasteiger partial charge is 0.344 e. The fraction of sp³-hybridized carbons (Fsp3) is 0.267. The number of fused-ring (bicyclic) bond motifs is 1. The van der Waals surface area contributed by atoms with E-state index in [9.17, 15) is 9.90 Å². The van der Waals surface area contributed by atoms with Crippen LogP contribution >= 0.6 is 24.8 Å². The molecule has 4 rings (SSSR count). The Morgan fingerprint density at radius 3 is 2.42 bits per heavy atom. The van der Waals surface area contributed by atoms with Gasteiger partial charge in [0.25, 0.3) is 0 Å². The zero-order valence-corrected chi connectivity index (χ0v) is 23.8. The van der Waals surface area contributed by atoms with E-state index in [4.69, 9.17) is 18.9 Å². The van der Waals surface area contributed by atoms with Crippen molar-refractivity contribution in [2.75, 3.05) is 32.9 Å². The van der Waals surface area contributed by atoms with E-state index in [2.05, 4.69) is 10.3 Å². The number of para-hydroxylation sites is 1. The molecule has 3 aromatic carbocycles. The fourth-order valence-electron chi connectivity index (χ4n) is 3.75. The van der Waals surface area contributed by atoms with Crippen LogP contribution < -0.4 is 19.5 Å². The molecule has 0 bridgehead atoms. The molecule has 1 heterocycles. The number of pyridine rings is 1. The minimum Gasteiger partial charge on any atom is -0.491 e. The highest BCUT2D eigenvalue weighted by molar-refractivity contribution is 5.86. The molecule has 0 aliphatic carbocycles. The van der Waals surface area contributed by atoms with Crippen LogP contribution in [0.3, 0.4) is 0 Å². The van der Waals surface area contributed by atoms with Gasteiger partial charge in [-0.05, 0) is 67.9 Å². The number of ether oxygens (including phenoxy) is 4. The monoisotopic (exact) mass is 588 g/mol. The minimum atomic E-state index is -0.582. The lowest BCUT2D eigenvalue weighted by molar-refractivity contribution is -0.145. The van der Waals surface area contributed by atoms with Crippen LogP contribution in [0.2, 0.25) is 0 Å². The summed E-state index contributed by atoms with van der Waals surface area (Å²) in [6.45, 7) is 3.35. The molecule has 10 heteroatoms. The number of hydrogen-bond acceptors (Lipinski definition) is 8. The summed E-state index contributed by atoms with van der Waals surface area (Å²) in [6.07, 6.45) is 1.91. The van der Waals surface area contributed by atoms with E-state index in [1.807, 2.05) is 66.7 Å². The number of halogens is 2. The second-order valence-electron chi connectivity index (χ2n) is 8.56. The topological polar surface area (TPSA) is 99.1 Å². The summed E-state index contributed by atoms with van der Waals surface area (Å²) in [5.41, 5.74) is 1.85. The average molecular weight is 590 g/mol. The van der Waals surface area contributed by atoms with Crippen LogP contribution in [0, 0.1) is 0 Å². The van der Waals surface area contributed by atoms with E-state index < -0.39 is 12.1 Å². The van der Waals surface area contributed by atoms with Crippen molar-refractivity contribution in [2.24, 2.45) is 0 Å². The third-order valence-corrected chi connectivity index (χ3v) is 5.64. The van der Waals surface area contributed by atoms with Gasteiger partial charge in [-0.3, -0.25) is 4.98 Å². The maximum Gasteiger partial charge on any atom is 0.344 e. The maximum absolute atomic E-state index is 11.5. The molecule has 1 atom stereocenters. The van der Waals surface area contributed by atoms with Crippen LogP contribution in [-0.2, 0) is 16.0 Å². The van der Waals surface area contributed by atoms with E-state index in [0.29, 0.717) is 35.9 Å². The Kier molecular flexibility index (Phi) is 14.0. The van der Waals surface area contributed by atoms with Crippen LogP contribution in [0.4, 0.5) is 0 Å². The van der Waals surface area contributed by atoms with E-state index in [0.717, 1.165) is 29.7 Å². The van der Waals surface area contributed by atoms with Gasteiger partial charge < -0.3 is 29.4 Å². The van der Waals surface area contributed by atoms with Gasteiger partial charge in [-0.25, -0.2) is 4.79 Å². The SMILES string of the molecule is CCOC(=O)COc1ccc2c(Oc3ccc(CCNC[C@H](O)COc4ccccc4)cc3)ccnc2c1.Cl.Cl. The molecule has 8 nitrogen and oxygen atoms in total. The maximum atomic E-state index is 11.5. The minimum absolute atomic E-state index is 0. The van der Waals surface area contributed by atoms with Gasteiger partial charge in [-0.2, -0.15) is 0 Å². The zero-order valence-electron chi connectivity index (χ0n) is 22.2. The number of carbonyl (C=O) groups is 1. The van der Waals surface area contributed by atoms with E-state index in [1.165, 1.54) is 0 Å². The number of aliphatic hydroxyl groups excluding tert-OH is 1. The molecule has 0 saturated heterocycles. The number of rotatable bonds is 14. The Bertz CT molecular complexity index is 1310. The van der Waals surface area contributed by atoms with Gasteiger partial charge in [-0.15, -0.1) is 24.8 Å². The lowest BCUT2D eigenvalue weighted by Gasteiger charge is -2.13. The predicted octanol–water partition coefficient (Wildman–Crippen LogP) is 5.38. The summed E-state index contributed by atoms with van der Waals surface area (Å²) in [4.78, 5) is 15.9. The van der Waals surface area contributed by atoms with Crippen LogP contribution in [0.1, 0.15) is 12.5 Å². The third-order valence-electron chi connectivity index (χ3n) is 5.64. The van der Waals surface area contributed by atoms with Crippen LogP contribution in [-0.4, -0.2) is 55.1 Å². The second kappa shape index (κ2) is 17.2. The quantitative estimate of drug-likeness (QED) is 0.149. The van der Waals surface area contributed by atoms with Crippen molar-refractivity contribution in [1.82, 2.24) is 10.3 Å². The molecule has 0 aliphatic heterocycles. The second-order valence-corrected chi connectivity index (χ2v) is 8.56. The van der Waals surface area contributed by atoms with E-state index in [1.54, 1.807) is 25.3 Å². The summed E-state index contributed by atoms with van der Waals surface area (Å²) in [7, 11) is 0. The molecule has 0 spiro atoms. The number of nitrogens with zero attached hydrogens (tertiary/aromatic N) is 1. The van der Waals surface area contributed by atoms with Crippen molar-refractivity contribution in [3.8, 4) is 23.0 Å². The molecule has 0 unspecified atom stereocenters. The molecule has 0 aliphatic rings. The van der Waals surface area contributed by atoms with Gasteiger partial charge in [0.15, 0.2) is 6.61 Å². The van der Waals surface area contributed by atoms with E-state index >= 15 is 0 Å². The summed E-state index contributed by atoms with van der Waals surface area (Å²) < 4.78 is 22.1. The number of esters is 1. The molecular weight excluding hydrogens is 555 g/mol. The molecule has 2 N–H and O–H groups in total. The number of aliphatic hydroxyl groups is 1. The van der Waals surface area contributed by atoms with Crippen LogP contribution in [0.15, 0.2) is 85.1 Å². The lowest BCUT2D eigenvalue weighted by atomic mass is 10.1. The molecule has 214 valence electrons. The van der Waals surface area contributed by atoms with Crippen LogP contribution in [0.25, 0.3) is 10.9 Å². The van der Waals surface area contributed by atoms with Gasteiger partial charge in [0, 0.05) is 24.2 Å². The van der Waals surface area contributed by atoms with Gasteiger partial charge in [-0.1, -0.05) is 30.3 Å². The number of benzene rings is 3. The van der Waals surface area contributed by atoms with Crippen molar-refractivity contribution < 1.29 is 28.8 Å². The highest BCUT2D eigenvalue weighted by Gasteiger charge is 2.09. The van der Waals surface area contributed by atoms with Crippen molar-refractivity contribution in [3.05, 3.63) is 90.6 Å². The third kappa shape index (κ3) is 10.2. The standard InChI is InChI=1S/C30H32N2O6.2ClH/c1-2-35-30(34)21-37-26-12-13-27-28(18-26)32-17-15-29(27)38-25-10-8-22(9-11-25)14-16-31-19-23(33)20-36-24-6-4-3-5-7-24;;/h3-13,15,17-18,23,31,33H,2,14,16,19-21H2,1H3;2*1H/t23-;;/m0../s1. The molecule has 0 fully saturated rings. The van der Waals surface area contributed by atoms with Crippen molar-refractivity contribution in [2.45, 2.75) is 19.4 Å². The molecule has 0 amide bonds. The summed E-state index contributed by atoms with van der Waals surface area (Å²) in [5.74, 6) is 2.25. The number of nitrogens with one attached hydrogen (secondary N) is 1. The first-order chi connectivity index (χ1) is 18.6. The zero-order chi connectivity index (χ0) is 26.6. The molecule has 40 heavy (non-hydrogen) atoms. The number of aromatic nitrogens is 1. The van der Waals surface area contributed by atoms with Gasteiger partial charge in [0.1, 0.15) is 35.7 Å². The van der Waals surface area contributed by atoms with Crippen molar-refractivity contribution in [3.63, 3.8) is 0 Å². The first-order valence-electron chi connectivity index (χ1n) is 12.6. The predicted molar refractivity (Wildman–Crippen MR) is 159 cm³/mol. The van der Waals surface area contributed by atoms with Crippen molar-refractivity contribution >= 4 is 41.7 Å². The van der Waals surface area contributed by atoms with Gasteiger partial charge in [0.05, 0.1) is 12.1 Å². The molecule has 4 aromatic rings. The number of carbonyl (C=O) groups excluding carboxylic acids is 1. The van der Waals surface area contributed by atoms with Crippen LogP contribution in [0.5, 0.6) is 23.0 Å². The largest absolute Gasteiger partial charge is 0.491 e. The summed E-state index contributed by atoms with van der Waals surface area (Å²) in [5, 5.41) is 14.2. The number of hydrogen-bond donors (Lipinski definition) is 2. The molecule has 0 radical (unpaired) electrons. The lowest BCUT2D eigenvalue weighted by Crippen LogP contribution is -2.32. The molecular formula is C30H34Cl2N2O6. The first-order valence-corrected chi connectivity index (χ1v) is 12.6. The van der Waals surface area contributed by atoms with Gasteiger partial charge in [0.2, 0.25) is 0 Å². The normalized spacial score (nSPS) is 11.1. The van der Waals surface area contributed by atoms with E-state index in [-0.39, 0.29) is 38.0 Å². The van der Waals surface area contributed by atoms with Crippen molar-refractivity contribution in [1.29, 1.82) is 0 Å². The Labute approximate surface area is 246 Å². The highest BCUT2D eigenvalue weighted by atomic mass is 35.5. The summed E-state index contributed by atoms with van der Waals surface area (Å²) >= 11 is 0.